The molecule has 0 aliphatic heterocycles. The van der Waals surface area contributed by atoms with E-state index in [-0.39, 0.29) is 12.5 Å². The average molecular weight is 255 g/mol. The normalized spacial score (nSPS) is 10.4. The van der Waals surface area contributed by atoms with Gasteiger partial charge in [-0.15, -0.1) is 0 Å². The van der Waals surface area contributed by atoms with Crippen LogP contribution in [0.3, 0.4) is 0 Å². The van der Waals surface area contributed by atoms with Crippen molar-refractivity contribution in [2.75, 3.05) is 18.4 Å². The van der Waals surface area contributed by atoms with Gasteiger partial charge >= 0.3 is 0 Å². The van der Waals surface area contributed by atoms with E-state index in [2.05, 4.69) is 24.5 Å². The smallest absolute Gasteiger partial charge is 0.239 e. The topological polar surface area (TPSA) is 41.1 Å². The molecule has 94 valence electrons. The van der Waals surface area contributed by atoms with Crippen molar-refractivity contribution >= 4 is 23.2 Å². The van der Waals surface area contributed by atoms with Gasteiger partial charge in [0, 0.05) is 6.54 Å². The Morgan fingerprint density at radius 3 is 2.71 bits per heavy atom. The second-order valence-electron chi connectivity index (χ2n) is 4.48. The number of anilines is 1. The molecule has 0 unspecified atom stereocenters. The van der Waals surface area contributed by atoms with Crippen molar-refractivity contribution < 1.29 is 4.79 Å². The summed E-state index contributed by atoms with van der Waals surface area (Å²) in [7, 11) is 0. The van der Waals surface area contributed by atoms with Gasteiger partial charge in [-0.2, -0.15) is 0 Å². The molecule has 1 rings (SSSR count). The van der Waals surface area contributed by atoms with Crippen LogP contribution in [0.5, 0.6) is 0 Å². The minimum absolute atomic E-state index is 0.0157. The zero-order chi connectivity index (χ0) is 12.8. The molecule has 0 fully saturated rings. The molecule has 0 spiro atoms. The fourth-order valence-corrected chi connectivity index (χ4v) is 1.69. The molecule has 0 bridgehead atoms. The monoisotopic (exact) mass is 254 g/mol. The molecule has 0 saturated heterocycles. The second kappa shape index (κ2) is 6.50. The van der Waals surface area contributed by atoms with Crippen molar-refractivity contribution in [1.82, 2.24) is 5.32 Å². The van der Waals surface area contributed by atoms with Crippen LogP contribution in [0.1, 0.15) is 19.4 Å². The Hall–Kier alpha value is -1.22. The predicted octanol–water partition coefficient (Wildman–Crippen LogP) is 2.83. The van der Waals surface area contributed by atoms with Gasteiger partial charge in [-0.05, 0) is 24.5 Å². The number of nitrogens with one attached hydrogen (secondary N) is 2. The van der Waals surface area contributed by atoms with Crippen LogP contribution in [0.2, 0.25) is 5.02 Å². The summed E-state index contributed by atoms with van der Waals surface area (Å²) in [5, 5.41) is 6.55. The molecule has 0 saturated carbocycles. The average Bonchev–Trinajstić information content (AvgIpc) is 2.25. The summed E-state index contributed by atoms with van der Waals surface area (Å²) in [6, 6.07) is 5.66. The van der Waals surface area contributed by atoms with Crippen LogP contribution in [0.25, 0.3) is 0 Å². The van der Waals surface area contributed by atoms with Gasteiger partial charge in [0.1, 0.15) is 0 Å². The van der Waals surface area contributed by atoms with E-state index in [0.717, 1.165) is 11.3 Å². The van der Waals surface area contributed by atoms with E-state index >= 15 is 0 Å². The minimum atomic E-state index is -0.0157. The first-order valence-electron chi connectivity index (χ1n) is 5.76. The van der Waals surface area contributed by atoms with Crippen molar-refractivity contribution in [2.45, 2.75) is 20.8 Å². The molecule has 1 amide bonds. The largest absolute Gasteiger partial charge is 0.375 e. The number of para-hydroxylation sites is 1. The second-order valence-corrected chi connectivity index (χ2v) is 4.89. The maximum Gasteiger partial charge on any atom is 0.239 e. The number of hydrogen-bond donors (Lipinski definition) is 2. The Labute approximate surface area is 108 Å². The van der Waals surface area contributed by atoms with E-state index in [9.17, 15) is 4.79 Å². The summed E-state index contributed by atoms with van der Waals surface area (Å²) in [4.78, 5) is 11.5. The zero-order valence-corrected chi connectivity index (χ0v) is 11.3. The molecule has 17 heavy (non-hydrogen) atoms. The number of benzene rings is 1. The summed E-state index contributed by atoms with van der Waals surface area (Å²) >= 11 is 6.05. The van der Waals surface area contributed by atoms with E-state index in [1.165, 1.54) is 0 Å². The summed E-state index contributed by atoms with van der Waals surface area (Å²) < 4.78 is 0. The van der Waals surface area contributed by atoms with Crippen LogP contribution in [0.4, 0.5) is 5.69 Å². The highest BCUT2D eigenvalue weighted by molar-refractivity contribution is 6.33. The lowest BCUT2D eigenvalue weighted by atomic mass is 10.2. The fourth-order valence-electron chi connectivity index (χ4n) is 1.40. The van der Waals surface area contributed by atoms with Gasteiger partial charge in [-0.25, -0.2) is 0 Å². The first kappa shape index (κ1) is 13.8. The van der Waals surface area contributed by atoms with Gasteiger partial charge < -0.3 is 10.6 Å². The first-order chi connectivity index (χ1) is 8.00. The number of halogens is 1. The third kappa shape index (κ3) is 4.65. The fraction of sp³-hybridized carbons (Fsp3) is 0.462. The van der Waals surface area contributed by atoms with Crippen molar-refractivity contribution in [2.24, 2.45) is 5.92 Å². The van der Waals surface area contributed by atoms with Crippen LogP contribution in [0.15, 0.2) is 18.2 Å². The highest BCUT2D eigenvalue weighted by Crippen LogP contribution is 2.24. The maximum absolute atomic E-state index is 11.5. The predicted molar refractivity (Wildman–Crippen MR) is 72.5 cm³/mol. The van der Waals surface area contributed by atoms with Crippen molar-refractivity contribution in [3.8, 4) is 0 Å². The molecule has 0 radical (unpaired) electrons. The number of aryl methyl sites for hydroxylation is 1. The highest BCUT2D eigenvalue weighted by Gasteiger charge is 2.06. The molecule has 0 aromatic heterocycles. The number of carbonyl (C=O) groups excluding carboxylic acids is 1. The molecule has 1 aromatic carbocycles. The number of hydrogen-bond acceptors (Lipinski definition) is 2. The van der Waals surface area contributed by atoms with Gasteiger partial charge in [-0.1, -0.05) is 37.6 Å². The number of rotatable bonds is 5. The lowest BCUT2D eigenvalue weighted by molar-refractivity contribution is -0.119. The highest BCUT2D eigenvalue weighted by atomic mass is 35.5. The van der Waals surface area contributed by atoms with E-state index in [4.69, 9.17) is 11.6 Å². The van der Waals surface area contributed by atoms with Crippen molar-refractivity contribution in [1.29, 1.82) is 0 Å². The van der Waals surface area contributed by atoms with Crippen LogP contribution in [-0.2, 0) is 4.79 Å². The lowest BCUT2D eigenvalue weighted by Crippen LogP contribution is -2.32. The molecule has 2 N–H and O–H groups in total. The van der Waals surface area contributed by atoms with E-state index < -0.39 is 0 Å². The van der Waals surface area contributed by atoms with Crippen molar-refractivity contribution in [3.63, 3.8) is 0 Å². The van der Waals surface area contributed by atoms with Crippen molar-refractivity contribution in [3.05, 3.63) is 28.8 Å². The third-order valence-electron chi connectivity index (χ3n) is 2.36. The molecular weight excluding hydrogens is 236 g/mol. The van der Waals surface area contributed by atoms with E-state index in [1.807, 2.05) is 25.1 Å². The van der Waals surface area contributed by atoms with Gasteiger partial charge in [0.05, 0.1) is 17.3 Å². The van der Waals surface area contributed by atoms with Gasteiger partial charge in [0.25, 0.3) is 0 Å². The zero-order valence-electron chi connectivity index (χ0n) is 10.5. The summed E-state index contributed by atoms with van der Waals surface area (Å²) in [5.41, 5.74) is 1.86. The lowest BCUT2D eigenvalue weighted by Gasteiger charge is -2.12. The van der Waals surface area contributed by atoms with Crippen LogP contribution in [-0.4, -0.2) is 19.0 Å². The quantitative estimate of drug-likeness (QED) is 0.848. The Morgan fingerprint density at radius 1 is 1.41 bits per heavy atom. The Kier molecular flexibility index (Phi) is 5.29. The molecule has 0 atom stereocenters. The summed E-state index contributed by atoms with van der Waals surface area (Å²) in [5.74, 6) is 0.444. The molecule has 1 aromatic rings. The molecular formula is C13H19ClN2O. The Bertz CT molecular complexity index is 371. The molecule has 0 aliphatic rings. The van der Waals surface area contributed by atoms with E-state index in [0.29, 0.717) is 17.5 Å². The first-order valence-corrected chi connectivity index (χ1v) is 6.14. The number of amides is 1. The number of carbonyl (C=O) groups is 1. The molecule has 3 nitrogen and oxygen atoms in total. The minimum Gasteiger partial charge on any atom is -0.375 e. The SMILES string of the molecule is Cc1cccc(Cl)c1NCC(=O)NCC(C)C. The van der Waals surface area contributed by atoms with Crippen LogP contribution in [0, 0.1) is 12.8 Å². The van der Waals surface area contributed by atoms with Gasteiger partial charge in [0.2, 0.25) is 5.91 Å². The van der Waals surface area contributed by atoms with Crippen LogP contribution < -0.4 is 10.6 Å². The Balaban J connectivity index is 2.47. The van der Waals surface area contributed by atoms with Gasteiger partial charge in [-0.3, -0.25) is 4.79 Å². The molecule has 0 heterocycles. The third-order valence-corrected chi connectivity index (χ3v) is 2.67. The maximum atomic E-state index is 11.5. The summed E-state index contributed by atoms with van der Waals surface area (Å²) in [6.07, 6.45) is 0. The van der Waals surface area contributed by atoms with Crippen LogP contribution >= 0.6 is 11.6 Å². The summed E-state index contributed by atoms with van der Waals surface area (Å²) in [6.45, 7) is 7.03. The molecule has 0 aliphatic carbocycles. The molecule has 4 heteroatoms. The van der Waals surface area contributed by atoms with Gasteiger partial charge in [0.15, 0.2) is 0 Å². The Morgan fingerprint density at radius 2 is 2.12 bits per heavy atom. The standard InChI is InChI=1S/C13H19ClN2O/c1-9(2)7-15-12(17)8-16-13-10(3)5-4-6-11(13)14/h4-6,9,16H,7-8H2,1-3H3,(H,15,17). The van der Waals surface area contributed by atoms with E-state index in [1.54, 1.807) is 0 Å².